The van der Waals surface area contributed by atoms with Crippen molar-refractivity contribution in [3.63, 3.8) is 0 Å². The Morgan fingerprint density at radius 1 is 1.31 bits per heavy atom. The van der Waals surface area contributed by atoms with E-state index in [-0.39, 0.29) is 18.1 Å². The predicted octanol–water partition coefficient (Wildman–Crippen LogP) is 2.42. The minimum atomic E-state index is -0.286. The van der Waals surface area contributed by atoms with Gasteiger partial charge in [0.05, 0.1) is 24.8 Å². The first-order valence-electron chi connectivity index (χ1n) is 10.3. The maximum atomic E-state index is 12.8. The van der Waals surface area contributed by atoms with Crippen LogP contribution in [0.2, 0.25) is 0 Å². The number of aromatic nitrogens is 3. The van der Waals surface area contributed by atoms with Crippen LogP contribution in [0.5, 0.6) is 17.5 Å². The van der Waals surface area contributed by atoms with E-state index in [1.165, 1.54) is 0 Å². The van der Waals surface area contributed by atoms with Crippen LogP contribution in [0.1, 0.15) is 39.7 Å². The molecule has 2 unspecified atom stereocenters. The average molecular weight is 431 g/mol. The Balaban J connectivity index is 1.26. The molecule has 9 nitrogen and oxygen atoms in total. The van der Waals surface area contributed by atoms with E-state index in [4.69, 9.17) is 19.5 Å². The van der Waals surface area contributed by atoms with Crippen molar-refractivity contribution in [1.82, 2.24) is 20.1 Å². The fourth-order valence-corrected chi connectivity index (χ4v) is 4.00. The minimum absolute atomic E-state index is 0.162. The van der Waals surface area contributed by atoms with E-state index in [0.29, 0.717) is 42.6 Å². The highest BCUT2D eigenvalue weighted by atomic mass is 16.5. The molecule has 162 valence electrons. The molecule has 1 N–H and O–H groups in total. The number of nitriles is 1. The monoisotopic (exact) mass is 431 g/mol. The quantitative estimate of drug-likeness (QED) is 0.675. The number of carbonyl (C=O) groups excluding carboxylic acids is 1. The number of hydrogen-bond acceptors (Lipinski definition) is 7. The normalized spacial score (nSPS) is 18.9. The summed E-state index contributed by atoms with van der Waals surface area (Å²) in [7, 11) is 1.58. The maximum Gasteiger partial charge on any atom is 0.272 e. The Morgan fingerprint density at radius 2 is 2.22 bits per heavy atom. The molecule has 2 aliphatic heterocycles. The molecule has 5 rings (SSSR count). The number of carbonyl (C=O) groups is 1. The van der Waals surface area contributed by atoms with Gasteiger partial charge in [-0.05, 0) is 41.8 Å². The van der Waals surface area contributed by atoms with E-state index < -0.39 is 0 Å². The molecule has 0 saturated heterocycles. The van der Waals surface area contributed by atoms with Gasteiger partial charge in [0, 0.05) is 31.3 Å². The van der Waals surface area contributed by atoms with Crippen molar-refractivity contribution < 1.29 is 19.0 Å². The number of aryl methyl sites for hydroxylation is 1. The lowest BCUT2D eigenvalue weighted by atomic mass is 10.0. The second kappa shape index (κ2) is 8.23. The molecule has 2 aromatic heterocycles. The van der Waals surface area contributed by atoms with Gasteiger partial charge in [-0.1, -0.05) is 0 Å². The summed E-state index contributed by atoms with van der Waals surface area (Å²) in [5.41, 5.74) is 2.73. The number of amides is 1. The molecule has 1 amide bonds. The van der Waals surface area contributed by atoms with Crippen LogP contribution in [0.4, 0.5) is 0 Å². The molecule has 3 aromatic rings. The van der Waals surface area contributed by atoms with Crippen LogP contribution in [0.3, 0.4) is 0 Å². The summed E-state index contributed by atoms with van der Waals surface area (Å²) in [6, 6.07) is 12.6. The van der Waals surface area contributed by atoms with Crippen LogP contribution in [-0.2, 0) is 13.0 Å². The van der Waals surface area contributed by atoms with Crippen molar-refractivity contribution in [2.24, 2.45) is 0 Å². The SMILES string of the molecule is COc1cc(C2CCn3nc(C(=O)NC4COc5ccc(C#N)cc5C4)cc3O2)ccn1. The van der Waals surface area contributed by atoms with Crippen LogP contribution in [-0.4, -0.2) is 40.4 Å². The van der Waals surface area contributed by atoms with Crippen molar-refractivity contribution in [3.8, 4) is 23.6 Å². The van der Waals surface area contributed by atoms with E-state index in [1.807, 2.05) is 12.1 Å². The second-order valence-corrected chi connectivity index (χ2v) is 7.74. The van der Waals surface area contributed by atoms with Gasteiger partial charge in [-0.3, -0.25) is 4.79 Å². The van der Waals surface area contributed by atoms with Gasteiger partial charge >= 0.3 is 0 Å². The lowest BCUT2D eigenvalue weighted by Gasteiger charge is -2.25. The Kier molecular flexibility index (Phi) is 5.11. The van der Waals surface area contributed by atoms with Crippen molar-refractivity contribution in [2.75, 3.05) is 13.7 Å². The number of benzene rings is 1. The average Bonchev–Trinajstić information content (AvgIpc) is 3.27. The molecule has 2 aliphatic rings. The highest BCUT2D eigenvalue weighted by Crippen LogP contribution is 2.32. The van der Waals surface area contributed by atoms with Gasteiger partial charge < -0.3 is 19.5 Å². The summed E-state index contributed by atoms with van der Waals surface area (Å²) in [5, 5.41) is 16.5. The lowest BCUT2D eigenvalue weighted by Crippen LogP contribution is -2.42. The summed E-state index contributed by atoms with van der Waals surface area (Å²) in [5.74, 6) is 1.54. The summed E-state index contributed by atoms with van der Waals surface area (Å²) in [6.07, 6.45) is 2.83. The molecule has 0 fully saturated rings. The third kappa shape index (κ3) is 3.83. The van der Waals surface area contributed by atoms with Crippen LogP contribution >= 0.6 is 0 Å². The Hall–Kier alpha value is -4.06. The fraction of sp³-hybridized carbons (Fsp3) is 0.304. The third-order valence-electron chi connectivity index (χ3n) is 5.61. The number of ether oxygens (including phenoxy) is 3. The number of nitrogens with zero attached hydrogens (tertiary/aromatic N) is 4. The molecule has 1 aromatic carbocycles. The van der Waals surface area contributed by atoms with Crippen LogP contribution in [0.15, 0.2) is 42.6 Å². The van der Waals surface area contributed by atoms with E-state index >= 15 is 0 Å². The molecular weight excluding hydrogens is 410 g/mol. The van der Waals surface area contributed by atoms with E-state index in [9.17, 15) is 4.79 Å². The van der Waals surface area contributed by atoms with Crippen molar-refractivity contribution in [2.45, 2.75) is 31.5 Å². The molecule has 9 heteroatoms. The highest BCUT2D eigenvalue weighted by Gasteiger charge is 2.27. The summed E-state index contributed by atoms with van der Waals surface area (Å²) < 4.78 is 18.7. The zero-order chi connectivity index (χ0) is 22.1. The van der Waals surface area contributed by atoms with Crippen molar-refractivity contribution in [1.29, 1.82) is 5.26 Å². The van der Waals surface area contributed by atoms with Gasteiger partial charge in [0.2, 0.25) is 11.8 Å². The molecule has 32 heavy (non-hydrogen) atoms. The second-order valence-electron chi connectivity index (χ2n) is 7.74. The number of methoxy groups -OCH3 is 1. The molecule has 0 bridgehead atoms. The number of hydrogen-bond donors (Lipinski definition) is 1. The van der Waals surface area contributed by atoms with Gasteiger partial charge in [0.25, 0.3) is 5.91 Å². The topological polar surface area (TPSA) is 111 Å². The first-order valence-corrected chi connectivity index (χ1v) is 10.3. The Morgan fingerprint density at radius 3 is 3.06 bits per heavy atom. The molecular formula is C23H21N5O4. The Labute approximate surface area is 184 Å². The van der Waals surface area contributed by atoms with Crippen LogP contribution < -0.4 is 19.5 Å². The van der Waals surface area contributed by atoms with Crippen LogP contribution in [0, 0.1) is 11.3 Å². The highest BCUT2D eigenvalue weighted by molar-refractivity contribution is 5.92. The molecule has 2 atom stereocenters. The number of pyridine rings is 1. The fourth-order valence-electron chi connectivity index (χ4n) is 4.00. The molecule has 0 aliphatic carbocycles. The van der Waals surface area contributed by atoms with Crippen LogP contribution in [0.25, 0.3) is 0 Å². The lowest BCUT2D eigenvalue weighted by molar-refractivity contribution is 0.0909. The first-order chi connectivity index (χ1) is 15.6. The van der Waals surface area contributed by atoms with Gasteiger partial charge in [-0.2, -0.15) is 10.4 Å². The first kappa shape index (κ1) is 19.9. The van der Waals surface area contributed by atoms with Gasteiger partial charge in [-0.25, -0.2) is 9.67 Å². The summed E-state index contributed by atoms with van der Waals surface area (Å²) >= 11 is 0. The predicted molar refractivity (Wildman–Crippen MR) is 113 cm³/mol. The molecule has 0 radical (unpaired) electrons. The summed E-state index contributed by atoms with van der Waals surface area (Å²) in [6.45, 7) is 0.995. The number of rotatable bonds is 4. The van der Waals surface area contributed by atoms with E-state index in [1.54, 1.807) is 42.3 Å². The van der Waals surface area contributed by atoms with Crippen molar-refractivity contribution >= 4 is 5.91 Å². The van der Waals surface area contributed by atoms with Gasteiger partial charge in [0.1, 0.15) is 18.5 Å². The minimum Gasteiger partial charge on any atom is -0.491 e. The molecule has 0 spiro atoms. The van der Waals surface area contributed by atoms with Crippen molar-refractivity contribution in [3.05, 3.63) is 65.0 Å². The van der Waals surface area contributed by atoms with E-state index in [2.05, 4.69) is 21.5 Å². The smallest absolute Gasteiger partial charge is 0.272 e. The third-order valence-corrected chi connectivity index (χ3v) is 5.61. The maximum absolute atomic E-state index is 12.8. The molecule has 0 saturated carbocycles. The van der Waals surface area contributed by atoms with Gasteiger partial charge in [-0.15, -0.1) is 0 Å². The standard InChI is InChI=1S/C23H21N5O4/c1-30-21-10-15(4-6-25-21)20-5-7-28-22(32-20)11-18(27-28)23(29)26-17-9-16-8-14(12-24)2-3-19(16)31-13-17/h2-4,6,8,10-11,17,20H,5,7,9,13H2,1H3,(H,26,29). The zero-order valence-electron chi connectivity index (χ0n) is 17.4. The van der Waals surface area contributed by atoms with E-state index in [0.717, 1.165) is 23.3 Å². The number of fused-ring (bicyclic) bond motifs is 2. The number of nitrogens with one attached hydrogen (secondary N) is 1. The molecule has 4 heterocycles. The zero-order valence-corrected chi connectivity index (χ0v) is 17.4. The van der Waals surface area contributed by atoms with Gasteiger partial charge in [0.15, 0.2) is 5.69 Å². The Bertz CT molecular complexity index is 1220. The largest absolute Gasteiger partial charge is 0.491 e. The summed E-state index contributed by atoms with van der Waals surface area (Å²) in [4.78, 5) is 17.0.